The number of carbonyl (C=O) groups excluding carboxylic acids is 1. The van der Waals surface area contributed by atoms with E-state index in [-0.39, 0.29) is 0 Å². The summed E-state index contributed by atoms with van der Waals surface area (Å²) in [4.78, 5) is 16.9. The molecular weight excluding hydrogens is 410 g/mol. The molecule has 31 heavy (non-hydrogen) atoms. The molecule has 1 aromatic heterocycles. The minimum atomic E-state index is -0.399. The Kier molecular flexibility index (Phi) is 6.14. The Morgan fingerprint density at radius 1 is 0.839 bits per heavy atom. The third-order valence-corrected chi connectivity index (χ3v) is 5.43. The molecule has 0 spiro atoms. The van der Waals surface area contributed by atoms with Crippen LogP contribution in [0.1, 0.15) is 0 Å². The molecule has 3 aromatic carbocycles. The van der Waals surface area contributed by atoms with Gasteiger partial charge in [0.05, 0.1) is 25.6 Å². The molecule has 0 saturated carbocycles. The van der Waals surface area contributed by atoms with Crippen molar-refractivity contribution in [3.8, 4) is 33.9 Å². The largest absolute Gasteiger partial charge is 0.497 e. The van der Waals surface area contributed by atoms with E-state index in [9.17, 15) is 4.79 Å². The Balaban J connectivity index is 1.43. The van der Waals surface area contributed by atoms with Crippen LogP contribution in [0.2, 0.25) is 0 Å². The quantitative estimate of drug-likeness (QED) is 0.385. The number of aromatic nitrogens is 1. The van der Waals surface area contributed by atoms with Crippen LogP contribution < -0.4 is 20.1 Å². The van der Waals surface area contributed by atoms with Crippen molar-refractivity contribution in [3.63, 3.8) is 0 Å². The molecule has 0 aliphatic heterocycles. The lowest BCUT2D eigenvalue weighted by Gasteiger charge is -2.11. The van der Waals surface area contributed by atoms with Crippen molar-refractivity contribution in [3.05, 3.63) is 78.2 Å². The summed E-state index contributed by atoms with van der Waals surface area (Å²) >= 11 is 1.37. The average Bonchev–Trinajstić information content (AvgIpc) is 3.28. The Morgan fingerprint density at radius 2 is 1.55 bits per heavy atom. The number of thiazole rings is 1. The van der Waals surface area contributed by atoms with Crippen molar-refractivity contribution in [2.45, 2.75) is 0 Å². The second-order valence-electron chi connectivity index (χ2n) is 6.63. The van der Waals surface area contributed by atoms with Crippen molar-refractivity contribution in [1.82, 2.24) is 4.98 Å². The van der Waals surface area contributed by atoms with Gasteiger partial charge in [-0.3, -0.25) is 5.32 Å². The number of urea groups is 1. The molecule has 4 aromatic rings. The highest BCUT2D eigenvalue weighted by Crippen LogP contribution is 2.30. The summed E-state index contributed by atoms with van der Waals surface area (Å²) in [6.45, 7) is 0. The van der Waals surface area contributed by atoms with Gasteiger partial charge in [-0.1, -0.05) is 54.6 Å². The smallest absolute Gasteiger partial charge is 0.325 e. The molecule has 2 amide bonds. The van der Waals surface area contributed by atoms with E-state index in [2.05, 4.69) is 39.9 Å². The summed E-state index contributed by atoms with van der Waals surface area (Å²) in [5.74, 6) is 1.15. The van der Waals surface area contributed by atoms with E-state index >= 15 is 0 Å². The van der Waals surface area contributed by atoms with E-state index in [1.54, 1.807) is 25.3 Å². The van der Waals surface area contributed by atoms with E-state index in [0.29, 0.717) is 22.3 Å². The zero-order valence-electron chi connectivity index (χ0n) is 17.1. The Morgan fingerprint density at radius 3 is 2.26 bits per heavy atom. The van der Waals surface area contributed by atoms with Crippen molar-refractivity contribution < 1.29 is 14.3 Å². The molecule has 0 bridgehead atoms. The van der Waals surface area contributed by atoms with Crippen molar-refractivity contribution >= 4 is 28.2 Å². The molecule has 0 aliphatic carbocycles. The normalized spacial score (nSPS) is 10.4. The number of methoxy groups -OCH3 is 2. The highest BCUT2D eigenvalue weighted by Gasteiger charge is 2.12. The maximum Gasteiger partial charge on any atom is 0.325 e. The van der Waals surface area contributed by atoms with Crippen LogP contribution >= 0.6 is 11.3 Å². The zero-order chi connectivity index (χ0) is 21.6. The van der Waals surface area contributed by atoms with E-state index in [0.717, 1.165) is 16.8 Å². The van der Waals surface area contributed by atoms with Crippen LogP contribution in [0.15, 0.2) is 78.2 Å². The summed E-state index contributed by atoms with van der Waals surface area (Å²) in [5.41, 5.74) is 4.64. The maximum absolute atomic E-state index is 12.4. The Hall–Kier alpha value is -3.84. The molecule has 156 valence electrons. The molecule has 0 atom stereocenters. The van der Waals surface area contributed by atoms with Gasteiger partial charge in [-0.2, -0.15) is 0 Å². The first-order chi connectivity index (χ1) is 15.2. The first-order valence-corrected chi connectivity index (χ1v) is 10.5. The third-order valence-electron chi connectivity index (χ3n) is 4.67. The molecule has 0 fully saturated rings. The van der Waals surface area contributed by atoms with Crippen LogP contribution in [0.25, 0.3) is 22.4 Å². The molecule has 0 aliphatic rings. The number of nitrogens with one attached hydrogen (secondary N) is 2. The van der Waals surface area contributed by atoms with Crippen molar-refractivity contribution in [2.24, 2.45) is 0 Å². The van der Waals surface area contributed by atoms with Gasteiger partial charge in [0.15, 0.2) is 5.13 Å². The number of ether oxygens (including phenoxy) is 2. The topological polar surface area (TPSA) is 72.5 Å². The fourth-order valence-corrected chi connectivity index (χ4v) is 3.79. The number of benzene rings is 3. The van der Waals surface area contributed by atoms with Crippen LogP contribution in [0, 0.1) is 0 Å². The van der Waals surface area contributed by atoms with Gasteiger partial charge in [-0.15, -0.1) is 11.3 Å². The Labute approximate surface area is 184 Å². The van der Waals surface area contributed by atoms with Crippen molar-refractivity contribution in [2.75, 3.05) is 24.9 Å². The Bertz CT molecular complexity index is 1170. The second kappa shape index (κ2) is 9.32. The van der Waals surface area contributed by atoms with E-state index in [1.165, 1.54) is 24.0 Å². The third kappa shape index (κ3) is 4.84. The summed E-state index contributed by atoms with van der Waals surface area (Å²) in [6.07, 6.45) is 0. The summed E-state index contributed by atoms with van der Waals surface area (Å²) in [6, 6.07) is 23.2. The van der Waals surface area contributed by atoms with Crippen LogP contribution in [-0.4, -0.2) is 25.2 Å². The number of amides is 2. The average molecular weight is 432 g/mol. The number of rotatable bonds is 6. The van der Waals surface area contributed by atoms with Gasteiger partial charge >= 0.3 is 6.03 Å². The second-order valence-corrected chi connectivity index (χ2v) is 7.48. The molecule has 4 rings (SSSR count). The van der Waals surface area contributed by atoms with Gasteiger partial charge in [-0.05, 0) is 23.3 Å². The van der Waals surface area contributed by atoms with Gasteiger partial charge in [0.2, 0.25) is 0 Å². The molecule has 2 N–H and O–H groups in total. The molecular formula is C24H21N3O3S. The fraction of sp³-hybridized carbons (Fsp3) is 0.0833. The minimum absolute atomic E-state index is 0.399. The standard InChI is InChI=1S/C24H21N3O3S/c1-29-19-12-13-20(22(14-19)30-2)25-23(28)27-24-26-21(15-31-24)18-10-8-17(9-11-18)16-6-4-3-5-7-16/h3-15H,1-2H3,(H2,25,26,27,28). The fourth-order valence-electron chi connectivity index (χ4n) is 3.08. The van der Waals surface area contributed by atoms with Gasteiger partial charge in [0, 0.05) is 17.0 Å². The molecule has 0 radical (unpaired) electrons. The van der Waals surface area contributed by atoms with Gasteiger partial charge in [0.25, 0.3) is 0 Å². The van der Waals surface area contributed by atoms with Gasteiger partial charge in [0.1, 0.15) is 11.5 Å². The summed E-state index contributed by atoms with van der Waals surface area (Å²) < 4.78 is 10.5. The minimum Gasteiger partial charge on any atom is -0.497 e. The van der Waals surface area contributed by atoms with Crippen LogP contribution in [-0.2, 0) is 0 Å². The van der Waals surface area contributed by atoms with E-state index in [4.69, 9.17) is 9.47 Å². The SMILES string of the molecule is COc1ccc(NC(=O)Nc2nc(-c3ccc(-c4ccccc4)cc3)cs2)c(OC)c1. The maximum atomic E-state index is 12.4. The van der Waals surface area contributed by atoms with Crippen LogP contribution in [0.4, 0.5) is 15.6 Å². The van der Waals surface area contributed by atoms with Crippen LogP contribution in [0.3, 0.4) is 0 Å². The highest BCUT2D eigenvalue weighted by atomic mass is 32.1. The van der Waals surface area contributed by atoms with Crippen LogP contribution in [0.5, 0.6) is 11.5 Å². The highest BCUT2D eigenvalue weighted by molar-refractivity contribution is 7.14. The number of hydrogen-bond acceptors (Lipinski definition) is 5. The molecule has 6 nitrogen and oxygen atoms in total. The monoisotopic (exact) mass is 431 g/mol. The molecule has 0 saturated heterocycles. The molecule has 0 unspecified atom stereocenters. The van der Waals surface area contributed by atoms with Crippen molar-refractivity contribution in [1.29, 1.82) is 0 Å². The lowest BCUT2D eigenvalue weighted by molar-refractivity contribution is 0.262. The predicted octanol–water partition coefficient (Wildman–Crippen LogP) is 6.14. The zero-order valence-corrected chi connectivity index (χ0v) is 17.9. The van der Waals surface area contributed by atoms with E-state index < -0.39 is 6.03 Å². The number of anilines is 2. The van der Waals surface area contributed by atoms with Gasteiger partial charge in [-0.25, -0.2) is 9.78 Å². The summed E-state index contributed by atoms with van der Waals surface area (Å²) in [7, 11) is 3.11. The molecule has 7 heteroatoms. The first kappa shape index (κ1) is 20.4. The summed E-state index contributed by atoms with van der Waals surface area (Å²) in [5, 5.41) is 7.96. The first-order valence-electron chi connectivity index (χ1n) is 9.57. The number of nitrogens with zero attached hydrogens (tertiary/aromatic N) is 1. The predicted molar refractivity (Wildman–Crippen MR) is 125 cm³/mol. The number of carbonyl (C=O) groups is 1. The van der Waals surface area contributed by atoms with E-state index in [1.807, 2.05) is 35.7 Å². The number of hydrogen-bond donors (Lipinski definition) is 2. The van der Waals surface area contributed by atoms with Gasteiger partial charge < -0.3 is 14.8 Å². The molecule has 1 heterocycles. The lowest BCUT2D eigenvalue weighted by Crippen LogP contribution is -2.19. The lowest BCUT2D eigenvalue weighted by atomic mass is 10.0.